The van der Waals surface area contributed by atoms with Gasteiger partial charge in [-0.3, -0.25) is 0 Å². The molecule has 1 unspecified atom stereocenters. The molecule has 7 heteroatoms. The summed E-state index contributed by atoms with van der Waals surface area (Å²) in [6.07, 6.45) is 3.29. The van der Waals surface area contributed by atoms with Crippen molar-refractivity contribution >= 4 is 5.97 Å². The minimum absolute atomic E-state index is 0.0218. The molecule has 0 spiro atoms. The molecule has 0 N–H and O–H groups in total. The summed E-state index contributed by atoms with van der Waals surface area (Å²) >= 11 is 0. The molecule has 0 saturated heterocycles. The number of carbonyl (C=O) groups is 1. The Hall–Kier alpha value is -2.57. The van der Waals surface area contributed by atoms with Crippen molar-refractivity contribution in [1.29, 1.82) is 0 Å². The number of carbonyl (C=O) groups excluding carboxylic acids is 1. The van der Waals surface area contributed by atoms with Crippen molar-refractivity contribution in [2.75, 3.05) is 0 Å². The van der Waals surface area contributed by atoms with Gasteiger partial charge in [0.25, 0.3) is 0 Å². The highest BCUT2D eigenvalue weighted by atomic mass is 19.2. The monoisotopic (exact) mass is 410 g/mol. The lowest BCUT2D eigenvalue weighted by Crippen LogP contribution is -2.38. The van der Waals surface area contributed by atoms with Gasteiger partial charge in [0, 0.05) is 17.5 Å². The Morgan fingerprint density at radius 3 is 2.31 bits per heavy atom. The van der Waals surface area contributed by atoms with E-state index in [1.807, 2.05) is 6.92 Å². The fourth-order valence-corrected chi connectivity index (χ4v) is 3.72. The predicted molar refractivity (Wildman–Crippen MR) is 99.0 cm³/mol. The molecule has 0 aliphatic heterocycles. The third-order valence-corrected chi connectivity index (χ3v) is 5.54. The summed E-state index contributed by atoms with van der Waals surface area (Å²) in [4.78, 5) is 12.5. The molecule has 2 aromatic carbocycles. The standard InChI is InChI=1S/C22H22F4O3/c1-2-22(10-6-3-7-11-22)21(26)29-18-9-5-4-8-15(18)20(27)28-14-12-16(23)19(25)17(24)13-14/h4-5,8-9,12-13,21H,2-3,6-7,10-11H2,1H3. The Labute approximate surface area is 166 Å². The zero-order valence-corrected chi connectivity index (χ0v) is 16.0. The largest absolute Gasteiger partial charge is 0.459 e. The van der Waals surface area contributed by atoms with E-state index in [0.717, 1.165) is 19.3 Å². The van der Waals surface area contributed by atoms with Gasteiger partial charge in [0.1, 0.15) is 17.1 Å². The zero-order chi connectivity index (χ0) is 21.0. The maximum absolute atomic E-state index is 15.1. The van der Waals surface area contributed by atoms with Crippen LogP contribution in [0.5, 0.6) is 11.5 Å². The highest BCUT2D eigenvalue weighted by Crippen LogP contribution is 2.44. The highest BCUT2D eigenvalue weighted by Gasteiger charge is 2.40. The van der Waals surface area contributed by atoms with E-state index in [1.165, 1.54) is 18.2 Å². The molecule has 1 saturated carbocycles. The van der Waals surface area contributed by atoms with Gasteiger partial charge in [-0.2, -0.15) is 0 Å². The van der Waals surface area contributed by atoms with E-state index >= 15 is 4.39 Å². The van der Waals surface area contributed by atoms with Gasteiger partial charge in [-0.05, 0) is 31.4 Å². The molecule has 0 amide bonds. The first-order valence-corrected chi connectivity index (χ1v) is 9.63. The van der Waals surface area contributed by atoms with Crippen molar-refractivity contribution in [2.45, 2.75) is 51.8 Å². The Bertz CT molecular complexity index is 855. The van der Waals surface area contributed by atoms with Crippen LogP contribution in [0.2, 0.25) is 0 Å². The Morgan fingerprint density at radius 2 is 1.69 bits per heavy atom. The number of benzene rings is 2. The molecule has 1 atom stereocenters. The van der Waals surface area contributed by atoms with Gasteiger partial charge >= 0.3 is 5.97 Å². The number of para-hydroxylation sites is 1. The first kappa shape index (κ1) is 21.1. The molecular weight excluding hydrogens is 388 g/mol. The lowest BCUT2D eigenvalue weighted by atomic mass is 9.72. The molecule has 0 aromatic heterocycles. The SMILES string of the molecule is CCC1(C(F)Oc2ccccc2C(=O)Oc2cc(F)c(F)c(F)c2)CCCCC1. The van der Waals surface area contributed by atoms with Crippen molar-refractivity contribution < 1.29 is 31.8 Å². The van der Waals surface area contributed by atoms with Crippen LogP contribution in [0, 0.1) is 22.9 Å². The fourth-order valence-electron chi connectivity index (χ4n) is 3.72. The van der Waals surface area contributed by atoms with E-state index in [9.17, 15) is 18.0 Å². The number of rotatable bonds is 6. The minimum Gasteiger partial charge on any atom is -0.459 e. The van der Waals surface area contributed by atoms with E-state index in [2.05, 4.69) is 0 Å². The summed E-state index contributed by atoms with van der Waals surface area (Å²) in [5.74, 6) is -6.15. The summed E-state index contributed by atoms with van der Waals surface area (Å²) in [5.41, 5.74) is -0.708. The van der Waals surface area contributed by atoms with Crippen LogP contribution in [0.1, 0.15) is 55.8 Å². The topological polar surface area (TPSA) is 35.5 Å². The van der Waals surface area contributed by atoms with Crippen molar-refractivity contribution in [3.63, 3.8) is 0 Å². The molecule has 156 valence electrons. The van der Waals surface area contributed by atoms with Crippen LogP contribution in [-0.2, 0) is 0 Å². The molecular formula is C22H22F4O3. The van der Waals surface area contributed by atoms with Crippen LogP contribution < -0.4 is 9.47 Å². The van der Waals surface area contributed by atoms with Crippen LogP contribution in [0.3, 0.4) is 0 Å². The Kier molecular flexibility index (Phi) is 6.45. The van der Waals surface area contributed by atoms with Gasteiger partial charge in [0.15, 0.2) is 17.5 Å². The van der Waals surface area contributed by atoms with Crippen molar-refractivity contribution in [1.82, 2.24) is 0 Å². The second kappa shape index (κ2) is 8.84. The number of halogens is 4. The quantitative estimate of drug-likeness (QED) is 0.241. The summed E-state index contributed by atoms with van der Waals surface area (Å²) in [6.45, 7) is 1.92. The first-order chi connectivity index (χ1) is 13.9. The number of hydrogen-bond acceptors (Lipinski definition) is 3. The molecule has 1 fully saturated rings. The van der Waals surface area contributed by atoms with Gasteiger partial charge in [-0.25, -0.2) is 22.4 Å². The number of alkyl halides is 1. The molecule has 3 rings (SSSR count). The number of ether oxygens (including phenoxy) is 2. The molecule has 2 aromatic rings. The maximum atomic E-state index is 15.1. The molecule has 29 heavy (non-hydrogen) atoms. The van der Waals surface area contributed by atoms with Crippen LogP contribution >= 0.6 is 0 Å². The summed E-state index contributed by atoms with van der Waals surface area (Å²) in [5, 5.41) is 0. The summed E-state index contributed by atoms with van der Waals surface area (Å²) < 4.78 is 65.4. The van der Waals surface area contributed by atoms with Crippen LogP contribution in [0.4, 0.5) is 17.6 Å². The highest BCUT2D eigenvalue weighted by molar-refractivity contribution is 5.94. The Morgan fingerprint density at radius 1 is 1.07 bits per heavy atom. The third kappa shape index (κ3) is 4.54. The lowest BCUT2D eigenvalue weighted by molar-refractivity contribution is -0.0760. The van der Waals surface area contributed by atoms with Gasteiger partial charge < -0.3 is 9.47 Å². The lowest BCUT2D eigenvalue weighted by Gasteiger charge is -2.38. The molecule has 0 radical (unpaired) electrons. The molecule has 1 aliphatic rings. The normalized spacial score (nSPS) is 16.9. The Balaban J connectivity index is 1.80. The van der Waals surface area contributed by atoms with E-state index in [-0.39, 0.29) is 11.3 Å². The van der Waals surface area contributed by atoms with Gasteiger partial charge in [0.05, 0.1) is 0 Å². The summed E-state index contributed by atoms with van der Waals surface area (Å²) in [6, 6.07) is 7.02. The summed E-state index contributed by atoms with van der Waals surface area (Å²) in [7, 11) is 0. The molecule has 0 bridgehead atoms. The molecule has 0 heterocycles. The average Bonchev–Trinajstić information content (AvgIpc) is 2.72. The minimum atomic E-state index is -1.66. The van der Waals surface area contributed by atoms with Gasteiger partial charge in [-0.1, -0.05) is 38.3 Å². The smallest absolute Gasteiger partial charge is 0.347 e. The second-order valence-electron chi connectivity index (χ2n) is 7.30. The fraction of sp³-hybridized carbons (Fsp3) is 0.409. The number of hydrogen-bond donors (Lipinski definition) is 0. The van der Waals surface area contributed by atoms with E-state index in [0.29, 0.717) is 31.4 Å². The van der Waals surface area contributed by atoms with Gasteiger partial charge in [0.2, 0.25) is 6.36 Å². The average molecular weight is 410 g/mol. The third-order valence-electron chi connectivity index (χ3n) is 5.54. The molecule has 1 aliphatic carbocycles. The zero-order valence-electron chi connectivity index (χ0n) is 16.0. The van der Waals surface area contributed by atoms with Crippen LogP contribution in [0.25, 0.3) is 0 Å². The van der Waals surface area contributed by atoms with E-state index in [1.54, 1.807) is 6.07 Å². The van der Waals surface area contributed by atoms with Crippen LogP contribution in [-0.4, -0.2) is 12.3 Å². The van der Waals surface area contributed by atoms with E-state index in [4.69, 9.17) is 9.47 Å². The maximum Gasteiger partial charge on any atom is 0.347 e. The second-order valence-corrected chi connectivity index (χ2v) is 7.30. The predicted octanol–water partition coefficient (Wildman–Crippen LogP) is 6.36. The van der Waals surface area contributed by atoms with E-state index < -0.39 is 40.9 Å². The van der Waals surface area contributed by atoms with Gasteiger partial charge in [-0.15, -0.1) is 0 Å². The number of esters is 1. The van der Waals surface area contributed by atoms with Crippen molar-refractivity contribution in [3.05, 3.63) is 59.4 Å². The first-order valence-electron chi connectivity index (χ1n) is 9.63. The molecule has 3 nitrogen and oxygen atoms in total. The van der Waals surface area contributed by atoms with Crippen LogP contribution in [0.15, 0.2) is 36.4 Å². The van der Waals surface area contributed by atoms with Crippen molar-refractivity contribution in [3.8, 4) is 11.5 Å². The van der Waals surface area contributed by atoms with Crippen molar-refractivity contribution in [2.24, 2.45) is 5.41 Å².